The molecule has 27 heavy (non-hydrogen) atoms. The smallest absolute Gasteiger partial charge is 0.305 e. The lowest BCUT2D eigenvalue weighted by Gasteiger charge is -2.18. The van der Waals surface area contributed by atoms with Crippen LogP contribution >= 0.6 is 0 Å². The van der Waals surface area contributed by atoms with Crippen LogP contribution in [0.15, 0.2) is 24.3 Å². The number of nitrogens with zero attached hydrogens (tertiary/aromatic N) is 3. The lowest BCUT2D eigenvalue weighted by molar-refractivity contribution is -0.140. The van der Waals surface area contributed by atoms with Gasteiger partial charge in [0.15, 0.2) is 5.65 Å². The van der Waals surface area contributed by atoms with Crippen molar-refractivity contribution in [2.75, 3.05) is 32.7 Å². The number of methoxy groups -OCH3 is 2. The van der Waals surface area contributed by atoms with Crippen molar-refractivity contribution in [1.82, 2.24) is 9.38 Å². The molecule has 140 valence electrons. The second-order valence-corrected chi connectivity index (χ2v) is 6.19. The van der Waals surface area contributed by atoms with E-state index in [1.54, 1.807) is 7.11 Å². The van der Waals surface area contributed by atoms with E-state index in [4.69, 9.17) is 9.47 Å². The van der Waals surface area contributed by atoms with Crippen molar-refractivity contribution >= 4 is 28.5 Å². The number of ether oxygens (including phenoxy) is 2. The Morgan fingerprint density at radius 2 is 2.11 bits per heavy atom. The van der Waals surface area contributed by atoms with Gasteiger partial charge >= 0.3 is 5.97 Å². The zero-order chi connectivity index (χ0) is 19.4. The van der Waals surface area contributed by atoms with Gasteiger partial charge in [-0.05, 0) is 36.6 Å². The highest BCUT2D eigenvalue weighted by molar-refractivity contribution is 5.86. The van der Waals surface area contributed by atoms with Crippen molar-refractivity contribution in [2.45, 2.75) is 19.8 Å². The van der Waals surface area contributed by atoms with E-state index in [1.807, 2.05) is 35.6 Å². The number of anilines is 1. The maximum atomic E-state index is 11.7. The Bertz CT molecular complexity index is 1030. The molecular weight excluding hydrogens is 344 g/mol. The first-order valence-electron chi connectivity index (χ1n) is 8.74. The fourth-order valence-electron chi connectivity index (χ4n) is 3.28. The van der Waals surface area contributed by atoms with E-state index in [-0.39, 0.29) is 12.4 Å². The zero-order valence-corrected chi connectivity index (χ0v) is 15.7. The summed E-state index contributed by atoms with van der Waals surface area (Å²) in [6.07, 6.45) is 0.699. The third-order valence-electron chi connectivity index (χ3n) is 4.64. The van der Waals surface area contributed by atoms with Crippen LogP contribution in [0.3, 0.4) is 0 Å². The summed E-state index contributed by atoms with van der Waals surface area (Å²) < 4.78 is 11.9. The number of benzene rings is 1. The van der Waals surface area contributed by atoms with E-state index in [9.17, 15) is 10.1 Å². The number of fused-ring (bicyclic) bond motifs is 3. The number of rotatable bonds is 7. The number of imidazole rings is 1. The number of carbonyl (C=O) groups is 1. The van der Waals surface area contributed by atoms with E-state index >= 15 is 0 Å². The van der Waals surface area contributed by atoms with Crippen LogP contribution in [0.5, 0.6) is 0 Å². The number of esters is 1. The van der Waals surface area contributed by atoms with Crippen molar-refractivity contribution in [1.29, 1.82) is 5.26 Å². The minimum absolute atomic E-state index is 0.235. The summed E-state index contributed by atoms with van der Waals surface area (Å²) in [4.78, 5) is 16.4. The topological polar surface area (TPSA) is 88.6 Å². The van der Waals surface area contributed by atoms with Gasteiger partial charge in [-0.15, -0.1) is 0 Å². The highest BCUT2D eigenvalue weighted by atomic mass is 16.5. The first kappa shape index (κ1) is 18.7. The summed E-state index contributed by atoms with van der Waals surface area (Å²) in [5.74, 6) is 0.544. The van der Waals surface area contributed by atoms with Crippen LogP contribution < -0.4 is 5.32 Å². The fraction of sp³-hybridized carbons (Fsp3) is 0.350. The van der Waals surface area contributed by atoms with Crippen molar-refractivity contribution in [3.8, 4) is 6.07 Å². The Morgan fingerprint density at radius 1 is 1.33 bits per heavy atom. The molecule has 3 aromatic rings. The standard InChI is InChI=1S/C20H22N4O3/c1-13-14(8-9-18(25)27-3)19(22-10-11-26-2)24-17-7-5-4-6-16(17)23-20(24)15(13)12-21/h4-7,22H,8-11H2,1-3H3. The predicted octanol–water partition coefficient (Wildman–Crippen LogP) is 2.83. The first-order chi connectivity index (χ1) is 13.1. The largest absolute Gasteiger partial charge is 0.469 e. The average Bonchev–Trinajstić information content (AvgIpc) is 3.06. The molecule has 2 aromatic heterocycles. The SMILES string of the molecule is COCCNc1c(CCC(=O)OC)c(C)c(C#N)c2nc3ccccc3n12. The lowest BCUT2D eigenvalue weighted by atomic mass is 10.00. The van der Waals surface area contributed by atoms with Crippen molar-refractivity contribution < 1.29 is 14.3 Å². The van der Waals surface area contributed by atoms with Crippen molar-refractivity contribution in [2.24, 2.45) is 0 Å². The van der Waals surface area contributed by atoms with Gasteiger partial charge in [0.2, 0.25) is 0 Å². The zero-order valence-electron chi connectivity index (χ0n) is 15.7. The summed E-state index contributed by atoms with van der Waals surface area (Å²) in [5.41, 5.74) is 4.57. The van der Waals surface area contributed by atoms with E-state index < -0.39 is 0 Å². The van der Waals surface area contributed by atoms with Gasteiger partial charge in [0, 0.05) is 20.1 Å². The van der Waals surface area contributed by atoms with Gasteiger partial charge in [-0.1, -0.05) is 12.1 Å². The molecule has 1 N–H and O–H groups in total. The molecule has 0 unspecified atom stereocenters. The van der Waals surface area contributed by atoms with Crippen LogP contribution in [-0.4, -0.2) is 42.7 Å². The van der Waals surface area contributed by atoms with E-state index in [0.29, 0.717) is 30.8 Å². The molecule has 0 atom stereocenters. The van der Waals surface area contributed by atoms with Gasteiger partial charge in [-0.3, -0.25) is 9.20 Å². The van der Waals surface area contributed by atoms with Crippen LogP contribution in [-0.2, 0) is 20.7 Å². The summed E-state index contributed by atoms with van der Waals surface area (Å²) in [6, 6.07) is 10.0. The van der Waals surface area contributed by atoms with Gasteiger partial charge in [0.25, 0.3) is 0 Å². The molecule has 0 saturated heterocycles. The van der Waals surface area contributed by atoms with Gasteiger partial charge in [0.1, 0.15) is 11.9 Å². The monoisotopic (exact) mass is 366 g/mol. The van der Waals surface area contributed by atoms with E-state index in [1.165, 1.54) is 7.11 Å². The van der Waals surface area contributed by atoms with E-state index in [0.717, 1.165) is 28.0 Å². The second kappa shape index (κ2) is 8.06. The lowest BCUT2D eigenvalue weighted by Crippen LogP contribution is -2.15. The maximum absolute atomic E-state index is 11.7. The Kier molecular flexibility index (Phi) is 5.57. The molecule has 0 aliphatic heterocycles. The molecular formula is C20H22N4O3. The molecule has 0 fully saturated rings. The quantitative estimate of drug-likeness (QED) is 0.511. The molecule has 2 heterocycles. The number of nitrogens with one attached hydrogen (secondary N) is 1. The minimum atomic E-state index is -0.286. The molecule has 0 radical (unpaired) electrons. The van der Waals surface area contributed by atoms with Crippen LogP contribution in [0, 0.1) is 18.3 Å². The van der Waals surface area contributed by atoms with Gasteiger partial charge in [0.05, 0.1) is 30.3 Å². The van der Waals surface area contributed by atoms with Crippen molar-refractivity contribution in [3.63, 3.8) is 0 Å². The third-order valence-corrected chi connectivity index (χ3v) is 4.64. The number of aromatic nitrogens is 2. The van der Waals surface area contributed by atoms with Crippen LogP contribution in [0.4, 0.5) is 5.82 Å². The van der Waals surface area contributed by atoms with Gasteiger partial charge < -0.3 is 14.8 Å². The molecule has 0 aliphatic carbocycles. The molecule has 0 amide bonds. The molecule has 0 aliphatic rings. The van der Waals surface area contributed by atoms with Crippen LogP contribution in [0.25, 0.3) is 16.7 Å². The van der Waals surface area contributed by atoms with Gasteiger partial charge in [-0.25, -0.2) is 4.98 Å². The normalized spacial score (nSPS) is 10.9. The summed E-state index contributed by atoms with van der Waals surface area (Å²) in [6.45, 7) is 3.02. The Hall–Kier alpha value is -3.11. The highest BCUT2D eigenvalue weighted by Crippen LogP contribution is 2.31. The van der Waals surface area contributed by atoms with E-state index in [2.05, 4.69) is 16.4 Å². The average molecular weight is 366 g/mol. The molecule has 0 spiro atoms. The predicted molar refractivity (Wildman–Crippen MR) is 103 cm³/mol. The molecule has 7 heteroatoms. The van der Waals surface area contributed by atoms with Crippen LogP contribution in [0.1, 0.15) is 23.1 Å². The summed E-state index contributed by atoms with van der Waals surface area (Å²) >= 11 is 0. The Morgan fingerprint density at radius 3 is 2.81 bits per heavy atom. The fourth-order valence-corrected chi connectivity index (χ4v) is 3.28. The summed E-state index contributed by atoms with van der Waals surface area (Å²) in [7, 11) is 3.02. The molecule has 7 nitrogen and oxygen atoms in total. The number of para-hydroxylation sites is 2. The van der Waals surface area contributed by atoms with Crippen LogP contribution in [0.2, 0.25) is 0 Å². The number of hydrogen-bond acceptors (Lipinski definition) is 6. The maximum Gasteiger partial charge on any atom is 0.305 e. The number of carbonyl (C=O) groups excluding carboxylic acids is 1. The van der Waals surface area contributed by atoms with Gasteiger partial charge in [-0.2, -0.15) is 5.26 Å². The number of hydrogen-bond donors (Lipinski definition) is 1. The highest BCUT2D eigenvalue weighted by Gasteiger charge is 2.21. The molecule has 3 rings (SSSR count). The minimum Gasteiger partial charge on any atom is -0.469 e. The molecule has 0 bridgehead atoms. The number of pyridine rings is 1. The second-order valence-electron chi connectivity index (χ2n) is 6.19. The van der Waals surface area contributed by atoms with Crippen molar-refractivity contribution in [3.05, 3.63) is 41.0 Å². The Labute approximate surface area is 157 Å². The Balaban J connectivity index is 2.27. The first-order valence-corrected chi connectivity index (χ1v) is 8.74. The number of nitriles is 1. The summed E-state index contributed by atoms with van der Waals surface area (Å²) in [5, 5.41) is 13.2. The third kappa shape index (κ3) is 3.44. The molecule has 1 aromatic carbocycles. The molecule has 0 saturated carbocycles.